The Morgan fingerprint density at radius 1 is 0.368 bits per heavy atom. The number of carbonyl (C=O) groups excluding carboxylic acids is 3. The van der Waals surface area contributed by atoms with Gasteiger partial charge in [-0.1, -0.05) is 204 Å². The number of allylic oxidation sites excluding steroid dienone is 10. The Bertz CT molecular complexity index is 1050. The van der Waals surface area contributed by atoms with Crippen LogP contribution in [0.5, 0.6) is 0 Å². The molecular weight excluding hydrogens is 709 g/mol. The van der Waals surface area contributed by atoms with Crippen LogP contribution in [0.2, 0.25) is 0 Å². The van der Waals surface area contributed by atoms with Gasteiger partial charge in [0.2, 0.25) is 0 Å². The molecule has 0 bridgehead atoms. The molecular formula is C51H88O6. The van der Waals surface area contributed by atoms with Gasteiger partial charge in [0.25, 0.3) is 0 Å². The minimum absolute atomic E-state index is 0.104. The van der Waals surface area contributed by atoms with Crippen LogP contribution in [0.3, 0.4) is 0 Å². The summed E-state index contributed by atoms with van der Waals surface area (Å²) >= 11 is 0. The summed E-state index contributed by atoms with van der Waals surface area (Å²) in [5.74, 6) is -0.997. The topological polar surface area (TPSA) is 78.9 Å². The zero-order valence-electron chi connectivity index (χ0n) is 37.3. The third-order valence-electron chi connectivity index (χ3n) is 10.0. The van der Waals surface area contributed by atoms with Gasteiger partial charge in [0.15, 0.2) is 6.10 Å². The van der Waals surface area contributed by atoms with Crippen LogP contribution in [-0.2, 0) is 28.6 Å². The lowest BCUT2D eigenvalue weighted by molar-refractivity contribution is -0.166. The van der Waals surface area contributed by atoms with E-state index < -0.39 is 12.1 Å². The predicted octanol–water partition coefficient (Wildman–Crippen LogP) is 15.3. The zero-order valence-corrected chi connectivity index (χ0v) is 37.3. The summed E-state index contributed by atoms with van der Waals surface area (Å²) in [7, 11) is 0. The van der Waals surface area contributed by atoms with Gasteiger partial charge in [-0.3, -0.25) is 14.4 Å². The molecule has 0 aliphatic rings. The molecule has 0 spiro atoms. The highest BCUT2D eigenvalue weighted by atomic mass is 16.6. The van der Waals surface area contributed by atoms with Gasteiger partial charge in [-0.25, -0.2) is 0 Å². The first-order valence-corrected chi connectivity index (χ1v) is 23.8. The Morgan fingerprint density at radius 3 is 1.21 bits per heavy atom. The largest absolute Gasteiger partial charge is 0.462 e. The van der Waals surface area contributed by atoms with E-state index in [1.165, 1.54) is 96.3 Å². The van der Waals surface area contributed by atoms with Gasteiger partial charge in [-0.15, -0.1) is 0 Å². The van der Waals surface area contributed by atoms with E-state index in [0.29, 0.717) is 19.3 Å². The van der Waals surface area contributed by atoms with Gasteiger partial charge in [0.05, 0.1) is 0 Å². The van der Waals surface area contributed by atoms with Crippen LogP contribution in [0.25, 0.3) is 0 Å². The quantitative estimate of drug-likeness (QED) is 0.0265. The Kier molecular flexibility index (Phi) is 43.5. The fourth-order valence-corrected chi connectivity index (χ4v) is 6.46. The van der Waals surface area contributed by atoms with Crippen molar-refractivity contribution in [3.63, 3.8) is 0 Å². The van der Waals surface area contributed by atoms with E-state index in [1.54, 1.807) is 0 Å². The highest BCUT2D eigenvalue weighted by molar-refractivity contribution is 5.71. The fraction of sp³-hybridized carbons (Fsp3) is 0.745. The van der Waals surface area contributed by atoms with Gasteiger partial charge in [-0.2, -0.15) is 0 Å². The second kappa shape index (κ2) is 45.8. The molecule has 1 unspecified atom stereocenters. The number of rotatable bonds is 42. The first kappa shape index (κ1) is 54.1. The SMILES string of the molecule is CC/C=C\C/C=C\C/C=C\C/C=C\CCC(=O)OC(COC(=O)CCCCCCC/C=C\CCC)COC(=O)CCCCCCCCCCCCCCCCCC. The van der Waals surface area contributed by atoms with E-state index in [0.717, 1.165) is 83.5 Å². The second-order valence-electron chi connectivity index (χ2n) is 15.6. The third kappa shape index (κ3) is 44.1. The van der Waals surface area contributed by atoms with Crippen LogP contribution in [0.1, 0.15) is 226 Å². The van der Waals surface area contributed by atoms with Crippen molar-refractivity contribution in [1.29, 1.82) is 0 Å². The summed E-state index contributed by atoms with van der Waals surface area (Å²) in [6.07, 6.45) is 55.1. The van der Waals surface area contributed by atoms with Gasteiger partial charge in [0, 0.05) is 19.3 Å². The maximum absolute atomic E-state index is 12.7. The molecule has 0 heterocycles. The van der Waals surface area contributed by atoms with Crippen LogP contribution < -0.4 is 0 Å². The number of esters is 3. The molecule has 0 aromatic heterocycles. The van der Waals surface area contributed by atoms with Gasteiger partial charge in [0.1, 0.15) is 13.2 Å². The minimum atomic E-state index is -0.811. The van der Waals surface area contributed by atoms with Crippen molar-refractivity contribution in [3.05, 3.63) is 60.8 Å². The van der Waals surface area contributed by atoms with Gasteiger partial charge >= 0.3 is 17.9 Å². The summed E-state index contributed by atoms with van der Waals surface area (Å²) in [5, 5.41) is 0. The van der Waals surface area contributed by atoms with E-state index in [-0.39, 0.29) is 31.6 Å². The second-order valence-corrected chi connectivity index (χ2v) is 15.6. The lowest BCUT2D eigenvalue weighted by Gasteiger charge is -2.18. The molecule has 57 heavy (non-hydrogen) atoms. The maximum Gasteiger partial charge on any atom is 0.306 e. The van der Waals surface area contributed by atoms with Crippen molar-refractivity contribution in [2.45, 2.75) is 232 Å². The molecule has 328 valence electrons. The van der Waals surface area contributed by atoms with E-state index in [4.69, 9.17) is 14.2 Å². The summed E-state index contributed by atoms with van der Waals surface area (Å²) in [6.45, 7) is 6.39. The molecule has 0 saturated heterocycles. The minimum Gasteiger partial charge on any atom is -0.462 e. The molecule has 0 rings (SSSR count). The molecule has 0 fully saturated rings. The molecule has 0 aliphatic carbocycles. The molecule has 0 saturated carbocycles. The van der Waals surface area contributed by atoms with Crippen molar-refractivity contribution >= 4 is 17.9 Å². The summed E-state index contributed by atoms with van der Waals surface area (Å²) < 4.78 is 16.6. The lowest BCUT2D eigenvalue weighted by Crippen LogP contribution is -2.30. The Morgan fingerprint density at radius 2 is 0.754 bits per heavy atom. The van der Waals surface area contributed by atoms with Crippen molar-refractivity contribution in [3.8, 4) is 0 Å². The highest BCUT2D eigenvalue weighted by Crippen LogP contribution is 2.15. The van der Waals surface area contributed by atoms with Crippen molar-refractivity contribution in [2.24, 2.45) is 0 Å². The molecule has 6 heteroatoms. The van der Waals surface area contributed by atoms with Crippen LogP contribution >= 0.6 is 0 Å². The fourth-order valence-electron chi connectivity index (χ4n) is 6.46. The molecule has 1 atom stereocenters. The first-order chi connectivity index (χ1) is 28.0. The monoisotopic (exact) mass is 797 g/mol. The van der Waals surface area contributed by atoms with Crippen LogP contribution in [0.15, 0.2) is 60.8 Å². The molecule has 0 aromatic rings. The van der Waals surface area contributed by atoms with E-state index >= 15 is 0 Å². The maximum atomic E-state index is 12.7. The van der Waals surface area contributed by atoms with E-state index in [1.807, 2.05) is 12.2 Å². The number of ether oxygens (including phenoxy) is 3. The van der Waals surface area contributed by atoms with Crippen LogP contribution in [0.4, 0.5) is 0 Å². The Balaban J connectivity index is 4.42. The lowest BCUT2D eigenvalue weighted by atomic mass is 10.0. The molecule has 6 nitrogen and oxygen atoms in total. The van der Waals surface area contributed by atoms with Crippen LogP contribution in [0, 0.1) is 0 Å². The standard InChI is InChI=1S/C51H88O6/c1-4-7-10-13-16-19-22-24-25-26-28-29-32-35-38-41-44-50(53)56-47-48(46-55-49(52)43-40-37-34-31-21-18-15-12-9-6-3)57-51(54)45-42-39-36-33-30-27-23-20-17-14-11-8-5-2/h8,11-12,15,17,20,27,30,36,39,48H,4-7,9-10,13-14,16,18-19,21-26,28-29,31-35,37-38,40-47H2,1-3H3/b11-8-,15-12-,20-17-,30-27-,39-36-. The Labute approximate surface area is 351 Å². The molecule has 0 radical (unpaired) electrons. The normalized spacial score (nSPS) is 12.5. The van der Waals surface area contributed by atoms with Gasteiger partial charge < -0.3 is 14.2 Å². The van der Waals surface area contributed by atoms with Crippen molar-refractivity contribution in [1.82, 2.24) is 0 Å². The summed E-state index contributed by atoms with van der Waals surface area (Å²) in [5.41, 5.74) is 0. The number of hydrogen-bond acceptors (Lipinski definition) is 6. The summed E-state index contributed by atoms with van der Waals surface area (Å²) in [4.78, 5) is 37.7. The zero-order chi connectivity index (χ0) is 41.5. The average Bonchev–Trinajstić information content (AvgIpc) is 3.21. The number of hydrogen-bond donors (Lipinski definition) is 0. The highest BCUT2D eigenvalue weighted by Gasteiger charge is 2.19. The molecule has 0 N–H and O–H groups in total. The number of unbranched alkanes of at least 4 members (excludes halogenated alkanes) is 21. The number of carbonyl (C=O) groups is 3. The Hall–Kier alpha value is -2.89. The van der Waals surface area contributed by atoms with E-state index in [2.05, 4.69) is 69.4 Å². The third-order valence-corrected chi connectivity index (χ3v) is 10.0. The van der Waals surface area contributed by atoms with Gasteiger partial charge in [-0.05, 0) is 64.2 Å². The summed E-state index contributed by atoms with van der Waals surface area (Å²) in [6, 6.07) is 0. The predicted molar refractivity (Wildman–Crippen MR) is 242 cm³/mol. The van der Waals surface area contributed by atoms with E-state index in [9.17, 15) is 14.4 Å². The molecule has 0 aromatic carbocycles. The molecule has 0 amide bonds. The van der Waals surface area contributed by atoms with Crippen molar-refractivity contribution in [2.75, 3.05) is 13.2 Å². The van der Waals surface area contributed by atoms with Crippen molar-refractivity contribution < 1.29 is 28.6 Å². The van der Waals surface area contributed by atoms with Crippen LogP contribution in [-0.4, -0.2) is 37.2 Å². The first-order valence-electron chi connectivity index (χ1n) is 23.8. The average molecular weight is 797 g/mol. The smallest absolute Gasteiger partial charge is 0.306 e. The molecule has 0 aliphatic heterocycles.